The van der Waals surface area contributed by atoms with Gasteiger partial charge >= 0.3 is 0 Å². The molecule has 0 fully saturated rings. The first-order valence-corrected chi connectivity index (χ1v) is 10.2. The summed E-state index contributed by atoms with van der Waals surface area (Å²) in [6.07, 6.45) is 1.44. The van der Waals surface area contributed by atoms with Crippen LogP contribution < -0.4 is 0 Å². The summed E-state index contributed by atoms with van der Waals surface area (Å²) in [6, 6.07) is 9.62. The largest absolute Gasteiger partial charge is 0.339 e. The minimum atomic E-state index is 0.00839. The fourth-order valence-electron chi connectivity index (χ4n) is 3.22. The Labute approximate surface area is 163 Å². The van der Waals surface area contributed by atoms with Gasteiger partial charge < -0.3 is 9.80 Å². The van der Waals surface area contributed by atoms with Crippen LogP contribution >= 0.6 is 22.9 Å². The number of thiophene rings is 1. The Bertz CT molecular complexity index is 790. The SMILES string of the molecule is CCN(Cc1cccc(Cl)c1)C(=O)CCC(=O)N1CCc2sccc2C1. The second-order valence-electron chi connectivity index (χ2n) is 6.47. The predicted molar refractivity (Wildman–Crippen MR) is 105 cm³/mol. The van der Waals surface area contributed by atoms with Crippen LogP contribution in [-0.2, 0) is 29.1 Å². The maximum Gasteiger partial charge on any atom is 0.223 e. The molecule has 1 aromatic carbocycles. The molecule has 2 aromatic rings. The van der Waals surface area contributed by atoms with E-state index in [2.05, 4.69) is 11.4 Å². The van der Waals surface area contributed by atoms with Gasteiger partial charge in [-0.05, 0) is 48.1 Å². The molecule has 0 radical (unpaired) electrons. The third-order valence-electron chi connectivity index (χ3n) is 4.71. The number of fused-ring (bicyclic) bond motifs is 1. The predicted octanol–water partition coefficient (Wildman–Crippen LogP) is 4.12. The molecule has 3 rings (SSSR count). The normalized spacial score (nSPS) is 13.4. The highest BCUT2D eigenvalue weighted by Crippen LogP contribution is 2.24. The van der Waals surface area contributed by atoms with Gasteiger partial charge in [0.25, 0.3) is 0 Å². The summed E-state index contributed by atoms with van der Waals surface area (Å²) < 4.78 is 0. The van der Waals surface area contributed by atoms with Gasteiger partial charge in [-0.2, -0.15) is 0 Å². The van der Waals surface area contributed by atoms with Crippen LogP contribution in [0.5, 0.6) is 0 Å². The van der Waals surface area contributed by atoms with E-state index in [1.807, 2.05) is 36.1 Å². The van der Waals surface area contributed by atoms with Crippen LogP contribution in [0.25, 0.3) is 0 Å². The summed E-state index contributed by atoms with van der Waals surface area (Å²) in [7, 11) is 0. The molecule has 2 amide bonds. The van der Waals surface area contributed by atoms with E-state index >= 15 is 0 Å². The third kappa shape index (κ3) is 4.65. The summed E-state index contributed by atoms with van der Waals surface area (Å²) >= 11 is 7.77. The lowest BCUT2D eigenvalue weighted by atomic mass is 10.1. The summed E-state index contributed by atoms with van der Waals surface area (Å²) in [5.41, 5.74) is 2.25. The third-order valence-corrected chi connectivity index (χ3v) is 5.97. The Morgan fingerprint density at radius 2 is 2.12 bits per heavy atom. The number of halogens is 1. The molecule has 1 aliphatic rings. The number of nitrogens with zero attached hydrogens (tertiary/aromatic N) is 2. The van der Waals surface area contributed by atoms with E-state index in [4.69, 9.17) is 11.6 Å². The first-order chi connectivity index (χ1) is 12.6. The van der Waals surface area contributed by atoms with E-state index in [-0.39, 0.29) is 24.7 Å². The summed E-state index contributed by atoms with van der Waals surface area (Å²) in [5, 5.41) is 2.75. The van der Waals surface area contributed by atoms with Gasteiger partial charge in [0.05, 0.1) is 0 Å². The van der Waals surface area contributed by atoms with Crippen LogP contribution in [0.1, 0.15) is 35.8 Å². The molecule has 0 atom stereocenters. The van der Waals surface area contributed by atoms with Crippen LogP contribution in [0.2, 0.25) is 5.02 Å². The highest BCUT2D eigenvalue weighted by molar-refractivity contribution is 7.10. The Hall–Kier alpha value is -1.85. The van der Waals surface area contributed by atoms with E-state index in [9.17, 15) is 9.59 Å². The lowest BCUT2D eigenvalue weighted by Crippen LogP contribution is -2.36. The molecule has 0 aliphatic carbocycles. The molecular formula is C20H23ClN2O2S. The zero-order valence-electron chi connectivity index (χ0n) is 14.9. The average molecular weight is 391 g/mol. The number of rotatable bonds is 6. The van der Waals surface area contributed by atoms with Crippen LogP contribution in [-0.4, -0.2) is 34.7 Å². The van der Waals surface area contributed by atoms with Crippen molar-refractivity contribution in [2.75, 3.05) is 13.1 Å². The monoisotopic (exact) mass is 390 g/mol. The average Bonchev–Trinajstić information content (AvgIpc) is 3.11. The van der Waals surface area contributed by atoms with Gasteiger partial charge in [0, 0.05) is 48.9 Å². The zero-order valence-corrected chi connectivity index (χ0v) is 16.5. The van der Waals surface area contributed by atoms with Gasteiger partial charge in [0.2, 0.25) is 11.8 Å². The minimum absolute atomic E-state index is 0.00839. The van der Waals surface area contributed by atoms with Crippen LogP contribution in [0, 0.1) is 0 Å². The van der Waals surface area contributed by atoms with Gasteiger partial charge in [-0.3, -0.25) is 9.59 Å². The first kappa shape index (κ1) is 18.9. The summed E-state index contributed by atoms with van der Waals surface area (Å²) in [5.74, 6) is 0.0723. The van der Waals surface area contributed by atoms with Gasteiger partial charge in [-0.25, -0.2) is 0 Å². The summed E-state index contributed by atoms with van der Waals surface area (Å²) in [6.45, 7) is 4.51. The van der Waals surface area contributed by atoms with E-state index in [1.54, 1.807) is 16.2 Å². The van der Waals surface area contributed by atoms with E-state index in [0.29, 0.717) is 24.7 Å². The lowest BCUT2D eigenvalue weighted by Gasteiger charge is -2.27. The number of benzene rings is 1. The van der Waals surface area contributed by atoms with Gasteiger partial charge in [-0.1, -0.05) is 23.7 Å². The molecular weight excluding hydrogens is 368 g/mol. The molecule has 1 aromatic heterocycles. The van der Waals surface area contributed by atoms with E-state index in [1.165, 1.54) is 10.4 Å². The van der Waals surface area contributed by atoms with Crippen molar-refractivity contribution in [1.29, 1.82) is 0 Å². The lowest BCUT2D eigenvalue weighted by molar-refractivity contribution is -0.137. The summed E-state index contributed by atoms with van der Waals surface area (Å²) in [4.78, 5) is 30.0. The van der Waals surface area contributed by atoms with Crippen LogP contribution in [0.15, 0.2) is 35.7 Å². The number of carbonyl (C=O) groups excluding carboxylic acids is 2. The molecule has 26 heavy (non-hydrogen) atoms. The fourth-order valence-corrected chi connectivity index (χ4v) is 4.33. The van der Waals surface area contributed by atoms with E-state index in [0.717, 1.165) is 18.5 Å². The number of carbonyl (C=O) groups is 2. The topological polar surface area (TPSA) is 40.6 Å². The Balaban J connectivity index is 1.51. The van der Waals surface area contributed by atoms with Gasteiger partial charge in [-0.15, -0.1) is 11.3 Å². The quantitative estimate of drug-likeness (QED) is 0.744. The Morgan fingerprint density at radius 1 is 1.27 bits per heavy atom. The highest BCUT2D eigenvalue weighted by Gasteiger charge is 2.22. The fraction of sp³-hybridized carbons (Fsp3) is 0.400. The molecule has 0 saturated heterocycles. The molecule has 0 bridgehead atoms. The molecule has 1 aliphatic heterocycles. The van der Waals surface area contributed by atoms with Crippen molar-refractivity contribution in [3.8, 4) is 0 Å². The highest BCUT2D eigenvalue weighted by atomic mass is 35.5. The Kier molecular flexibility index (Phi) is 6.33. The molecule has 0 saturated carbocycles. The maximum atomic E-state index is 12.5. The van der Waals surface area contributed by atoms with Crippen molar-refractivity contribution in [2.24, 2.45) is 0 Å². The van der Waals surface area contributed by atoms with E-state index < -0.39 is 0 Å². The molecule has 6 heteroatoms. The minimum Gasteiger partial charge on any atom is -0.339 e. The van der Waals surface area contributed by atoms with Crippen LogP contribution in [0.3, 0.4) is 0 Å². The molecule has 138 valence electrons. The number of amides is 2. The molecule has 4 nitrogen and oxygen atoms in total. The second kappa shape index (κ2) is 8.69. The molecule has 0 N–H and O–H groups in total. The van der Waals surface area contributed by atoms with Gasteiger partial charge in [0.15, 0.2) is 0 Å². The van der Waals surface area contributed by atoms with Gasteiger partial charge in [0.1, 0.15) is 0 Å². The zero-order chi connectivity index (χ0) is 18.5. The molecule has 2 heterocycles. The molecule has 0 unspecified atom stereocenters. The standard InChI is InChI=1S/C20H23ClN2O2S/c1-2-22(13-15-4-3-5-17(21)12-15)19(24)6-7-20(25)23-10-8-18-16(14-23)9-11-26-18/h3-5,9,11-12H,2,6-8,10,13-14H2,1H3. The van der Waals surface area contributed by atoms with Crippen LogP contribution in [0.4, 0.5) is 0 Å². The van der Waals surface area contributed by atoms with Crippen molar-refractivity contribution in [1.82, 2.24) is 9.80 Å². The second-order valence-corrected chi connectivity index (χ2v) is 7.91. The van der Waals surface area contributed by atoms with Crippen molar-refractivity contribution < 1.29 is 9.59 Å². The number of hydrogen-bond acceptors (Lipinski definition) is 3. The first-order valence-electron chi connectivity index (χ1n) is 8.92. The number of hydrogen-bond donors (Lipinski definition) is 0. The van der Waals surface area contributed by atoms with Crippen molar-refractivity contribution in [3.63, 3.8) is 0 Å². The Morgan fingerprint density at radius 3 is 2.88 bits per heavy atom. The smallest absolute Gasteiger partial charge is 0.223 e. The maximum absolute atomic E-state index is 12.5. The van der Waals surface area contributed by atoms with Crippen molar-refractivity contribution in [3.05, 3.63) is 56.7 Å². The molecule has 0 spiro atoms. The van der Waals surface area contributed by atoms with Crippen molar-refractivity contribution >= 4 is 34.8 Å². The van der Waals surface area contributed by atoms with Crippen molar-refractivity contribution in [2.45, 2.75) is 39.3 Å².